The number of amides is 2. The molecule has 0 radical (unpaired) electrons. The van der Waals surface area contributed by atoms with Crippen molar-refractivity contribution in [3.8, 4) is 11.1 Å². The summed E-state index contributed by atoms with van der Waals surface area (Å²) >= 11 is 1.45. The van der Waals surface area contributed by atoms with Gasteiger partial charge in [-0.1, -0.05) is 36.8 Å². The highest BCUT2D eigenvalue weighted by Gasteiger charge is 2.20. The maximum atomic E-state index is 13.1. The highest BCUT2D eigenvalue weighted by atomic mass is 32.1. The number of hydrogen-bond donors (Lipinski definition) is 1. The average Bonchev–Trinajstić information content (AvgIpc) is 3.24. The maximum absolute atomic E-state index is 13.1. The maximum Gasteiger partial charge on any atom is 0.262 e. The highest BCUT2D eigenvalue weighted by molar-refractivity contribution is 7.17. The van der Waals surface area contributed by atoms with Gasteiger partial charge in [-0.25, -0.2) is 4.98 Å². The van der Waals surface area contributed by atoms with Gasteiger partial charge in [0.2, 0.25) is 11.8 Å². The van der Waals surface area contributed by atoms with Crippen molar-refractivity contribution >= 4 is 33.4 Å². The van der Waals surface area contributed by atoms with Crippen molar-refractivity contribution in [2.45, 2.75) is 46.1 Å². The molecule has 0 spiro atoms. The molecule has 1 aliphatic rings. The Morgan fingerprint density at radius 3 is 2.76 bits per heavy atom. The van der Waals surface area contributed by atoms with Gasteiger partial charge in [-0.15, -0.1) is 11.3 Å². The second-order valence-corrected chi connectivity index (χ2v) is 9.73. The molecule has 1 unspecified atom stereocenters. The van der Waals surface area contributed by atoms with Crippen LogP contribution in [0.25, 0.3) is 21.3 Å². The predicted octanol–water partition coefficient (Wildman–Crippen LogP) is 3.59. The van der Waals surface area contributed by atoms with Crippen LogP contribution in [0.15, 0.2) is 40.8 Å². The minimum atomic E-state index is -0.175. The molecule has 2 aromatic heterocycles. The molecule has 0 bridgehead atoms. The molecule has 8 heteroatoms. The number of carbonyl (C=O) groups is 2. The Kier molecular flexibility index (Phi) is 7.23. The third kappa shape index (κ3) is 5.50. The van der Waals surface area contributed by atoms with E-state index in [0.29, 0.717) is 29.1 Å². The van der Waals surface area contributed by atoms with Crippen LogP contribution in [0.2, 0.25) is 0 Å². The standard InChI is InChI=1S/C25H30N4O3S/c1-17-5-7-19(8-6-17)20-15-33-24-23(20)25(32)29(16-27-24)13-10-21(30)26-11-9-22(31)28-12-3-4-18(2)14-28/h5-8,15-16,18H,3-4,9-14H2,1-2H3,(H,26,30). The fourth-order valence-electron chi connectivity index (χ4n) is 4.27. The zero-order chi connectivity index (χ0) is 23.4. The van der Waals surface area contributed by atoms with E-state index >= 15 is 0 Å². The van der Waals surface area contributed by atoms with E-state index < -0.39 is 0 Å². The molecule has 0 saturated carbocycles. The summed E-state index contributed by atoms with van der Waals surface area (Å²) in [6.07, 6.45) is 4.18. The number of benzene rings is 1. The number of piperidine rings is 1. The van der Waals surface area contributed by atoms with Gasteiger partial charge in [0.25, 0.3) is 5.56 Å². The summed E-state index contributed by atoms with van der Waals surface area (Å²) < 4.78 is 1.49. The second-order valence-electron chi connectivity index (χ2n) is 8.88. The van der Waals surface area contributed by atoms with Crippen molar-refractivity contribution in [2.24, 2.45) is 5.92 Å². The zero-order valence-corrected chi connectivity index (χ0v) is 20.0. The molecule has 1 atom stereocenters. The van der Waals surface area contributed by atoms with E-state index in [1.807, 2.05) is 41.5 Å². The summed E-state index contributed by atoms with van der Waals surface area (Å²) in [5.74, 6) is 0.455. The monoisotopic (exact) mass is 466 g/mol. The van der Waals surface area contributed by atoms with E-state index in [1.54, 1.807) is 0 Å². The van der Waals surface area contributed by atoms with Gasteiger partial charge in [0.05, 0.1) is 11.7 Å². The molecule has 7 nitrogen and oxygen atoms in total. The number of thiophene rings is 1. The minimum absolute atomic E-state index is 0.0915. The third-order valence-electron chi connectivity index (χ3n) is 6.17. The van der Waals surface area contributed by atoms with E-state index in [4.69, 9.17) is 0 Å². The van der Waals surface area contributed by atoms with Gasteiger partial charge in [0.1, 0.15) is 4.83 Å². The summed E-state index contributed by atoms with van der Waals surface area (Å²) in [7, 11) is 0. The Labute approximate surface area is 197 Å². The molecule has 1 aromatic carbocycles. The lowest BCUT2D eigenvalue weighted by Gasteiger charge is -2.31. The first-order chi connectivity index (χ1) is 15.9. The average molecular weight is 467 g/mol. The topological polar surface area (TPSA) is 84.3 Å². The van der Waals surface area contributed by atoms with Crippen molar-refractivity contribution in [1.82, 2.24) is 19.8 Å². The van der Waals surface area contributed by atoms with Crippen LogP contribution in [0, 0.1) is 12.8 Å². The van der Waals surface area contributed by atoms with Gasteiger partial charge in [0.15, 0.2) is 0 Å². The van der Waals surface area contributed by atoms with E-state index in [9.17, 15) is 14.4 Å². The number of likely N-dealkylation sites (tertiary alicyclic amines) is 1. The van der Waals surface area contributed by atoms with Crippen LogP contribution in [0.3, 0.4) is 0 Å². The van der Waals surface area contributed by atoms with Gasteiger partial charge in [-0.3, -0.25) is 19.0 Å². The quantitative estimate of drug-likeness (QED) is 0.577. The Bertz CT molecular complexity index is 1200. The first-order valence-corrected chi connectivity index (χ1v) is 12.4. The van der Waals surface area contributed by atoms with Gasteiger partial charge >= 0.3 is 0 Å². The SMILES string of the molecule is Cc1ccc(-c2csc3ncn(CCC(=O)NCCC(=O)N4CCCC(C)C4)c(=O)c23)cc1. The van der Waals surface area contributed by atoms with Crippen molar-refractivity contribution in [1.29, 1.82) is 0 Å². The number of nitrogens with one attached hydrogen (secondary N) is 1. The van der Waals surface area contributed by atoms with Crippen LogP contribution in [0.5, 0.6) is 0 Å². The lowest BCUT2D eigenvalue weighted by atomic mass is 10.00. The number of aromatic nitrogens is 2. The largest absolute Gasteiger partial charge is 0.356 e. The summed E-state index contributed by atoms with van der Waals surface area (Å²) in [5.41, 5.74) is 2.87. The molecule has 3 heterocycles. The number of rotatable bonds is 7. The third-order valence-corrected chi connectivity index (χ3v) is 7.06. The molecule has 2 amide bonds. The van der Waals surface area contributed by atoms with E-state index in [0.717, 1.165) is 36.2 Å². The number of nitrogens with zero attached hydrogens (tertiary/aromatic N) is 3. The Morgan fingerprint density at radius 1 is 1.21 bits per heavy atom. The molecule has 4 rings (SSSR count). The molecule has 3 aromatic rings. The molecule has 0 aliphatic carbocycles. The molecule has 1 saturated heterocycles. The number of hydrogen-bond acceptors (Lipinski definition) is 5. The Morgan fingerprint density at radius 2 is 2.00 bits per heavy atom. The number of aryl methyl sites for hydroxylation is 2. The molecular formula is C25H30N4O3S. The molecule has 33 heavy (non-hydrogen) atoms. The van der Waals surface area contributed by atoms with Crippen LogP contribution in [-0.2, 0) is 16.1 Å². The summed E-state index contributed by atoms with van der Waals surface area (Å²) in [5, 5.41) is 5.36. The van der Waals surface area contributed by atoms with Gasteiger partial charge in [0, 0.05) is 50.0 Å². The first-order valence-electron chi connectivity index (χ1n) is 11.5. The molecular weight excluding hydrogens is 436 g/mol. The van der Waals surface area contributed by atoms with Crippen LogP contribution in [0.4, 0.5) is 0 Å². The van der Waals surface area contributed by atoms with Crippen LogP contribution in [0.1, 0.15) is 38.2 Å². The van der Waals surface area contributed by atoms with Crippen molar-refractivity contribution in [2.75, 3.05) is 19.6 Å². The normalized spacial score (nSPS) is 16.2. The second kappa shape index (κ2) is 10.3. The van der Waals surface area contributed by atoms with E-state index in [-0.39, 0.29) is 30.3 Å². The van der Waals surface area contributed by atoms with Gasteiger partial charge in [-0.05, 0) is 31.2 Å². The van der Waals surface area contributed by atoms with Crippen molar-refractivity contribution < 1.29 is 9.59 Å². The van der Waals surface area contributed by atoms with Crippen LogP contribution < -0.4 is 10.9 Å². The Hall–Kier alpha value is -3.00. The summed E-state index contributed by atoms with van der Waals surface area (Å²) in [6, 6.07) is 8.06. The summed E-state index contributed by atoms with van der Waals surface area (Å²) in [6.45, 7) is 6.36. The minimum Gasteiger partial charge on any atom is -0.356 e. The van der Waals surface area contributed by atoms with Crippen molar-refractivity contribution in [3.63, 3.8) is 0 Å². The molecule has 1 N–H and O–H groups in total. The van der Waals surface area contributed by atoms with Crippen molar-refractivity contribution in [3.05, 3.63) is 51.9 Å². The fraction of sp³-hybridized carbons (Fsp3) is 0.440. The van der Waals surface area contributed by atoms with Gasteiger partial charge < -0.3 is 10.2 Å². The molecule has 174 valence electrons. The predicted molar refractivity (Wildman–Crippen MR) is 131 cm³/mol. The van der Waals surface area contributed by atoms with E-state index in [2.05, 4.69) is 17.2 Å². The highest BCUT2D eigenvalue weighted by Crippen LogP contribution is 2.30. The number of fused-ring (bicyclic) bond motifs is 1. The molecule has 1 fully saturated rings. The lowest BCUT2D eigenvalue weighted by molar-refractivity contribution is -0.132. The van der Waals surface area contributed by atoms with Crippen LogP contribution in [-0.4, -0.2) is 45.9 Å². The smallest absolute Gasteiger partial charge is 0.262 e. The fourth-order valence-corrected chi connectivity index (χ4v) is 5.17. The zero-order valence-electron chi connectivity index (χ0n) is 19.2. The first kappa shape index (κ1) is 23.2. The van der Waals surface area contributed by atoms with E-state index in [1.165, 1.54) is 28.7 Å². The summed E-state index contributed by atoms with van der Waals surface area (Å²) in [4.78, 5) is 44.8. The van der Waals surface area contributed by atoms with Gasteiger partial charge in [-0.2, -0.15) is 0 Å². The van der Waals surface area contributed by atoms with Crippen LogP contribution >= 0.6 is 11.3 Å². The Balaban J connectivity index is 1.34. The molecule has 1 aliphatic heterocycles. The number of carbonyl (C=O) groups excluding carboxylic acids is 2. The lowest BCUT2D eigenvalue weighted by Crippen LogP contribution is -2.40.